The van der Waals surface area contributed by atoms with Gasteiger partial charge in [-0.15, -0.1) is 0 Å². The number of nitrogens with zero attached hydrogens (tertiary/aromatic N) is 2. The summed E-state index contributed by atoms with van der Waals surface area (Å²) in [5.41, 5.74) is 5.19. The van der Waals surface area contributed by atoms with Gasteiger partial charge in [-0.1, -0.05) is 43.7 Å². The minimum atomic E-state index is 0.0638. The van der Waals surface area contributed by atoms with Crippen molar-refractivity contribution in [3.05, 3.63) is 46.8 Å². The molecule has 0 fully saturated rings. The Hall–Kier alpha value is -2.10. The van der Waals surface area contributed by atoms with E-state index < -0.39 is 0 Å². The summed E-state index contributed by atoms with van der Waals surface area (Å²) < 4.78 is 1.96. The van der Waals surface area contributed by atoms with Crippen molar-refractivity contribution < 1.29 is 4.79 Å². The zero-order valence-electron chi connectivity index (χ0n) is 14.8. The van der Waals surface area contributed by atoms with Gasteiger partial charge in [0.15, 0.2) is 0 Å². The van der Waals surface area contributed by atoms with Gasteiger partial charge >= 0.3 is 0 Å². The number of nitrogens with one attached hydrogen (secondary N) is 1. The van der Waals surface area contributed by atoms with E-state index >= 15 is 0 Å². The molecule has 1 amide bonds. The first kappa shape index (κ1) is 17.3. The van der Waals surface area contributed by atoms with Gasteiger partial charge in [-0.05, 0) is 39.2 Å². The second-order valence-electron chi connectivity index (χ2n) is 6.20. The number of hydrogen-bond donors (Lipinski definition) is 1. The van der Waals surface area contributed by atoms with Crippen LogP contribution in [0.25, 0.3) is 0 Å². The van der Waals surface area contributed by atoms with E-state index in [0.717, 1.165) is 36.5 Å². The molecule has 1 heterocycles. The predicted octanol–water partition coefficient (Wildman–Crippen LogP) is 4.23. The van der Waals surface area contributed by atoms with Gasteiger partial charge in [-0.3, -0.25) is 9.48 Å². The number of anilines is 1. The van der Waals surface area contributed by atoms with Crippen LogP contribution in [0.3, 0.4) is 0 Å². The number of hydrogen-bond acceptors (Lipinski definition) is 2. The monoisotopic (exact) mass is 313 g/mol. The molecule has 0 saturated carbocycles. The third-order valence-electron chi connectivity index (χ3n) is 4.40. The van der Waals surface area contributed by atoms with Crippen molar-refractivity contribution in [1.82, 2.24) is 9.78 Å². The van der Waals surface area contributed by atoms with E-state index in [1.54, 1.807) is 0 Å². The number of rotatable bonds is 6. The van der Waals surface area contributed by atoms with Crippen LogP contribution in [0, 0.1) is 26.7 Å². The highest BCUT2D eigenvalue weighted by molar-refractivity contribution is 5.93. The lowest BCUT2D eigenvalue weighted by Gasteiger charge is -2.13. The third-order valence-corrected chi connectivity index (χ3v) is 4.40. The fraction of sp³-hybridized carbons (Fsp3) is 0.474. The Kier molecular flexibility index (Phi) is 5.59. The highest BCUT2D eigenvalue weighted by atomic mass is 16.1. The van der Waals surface area contributed by atoms with Crippen molar-refractivity contribution >= 4 is 11.6 Å². The minimum Gasteiger partial charge on any atom is -0.323 e. The second-order valence-corrected chi connectivity index (χ2v) is 6.20. The van der Waals surface area contributed by atoms with Gasteiger partial charge in [-0.2, -0.15) is 5.10 Å². The quantitative estimate of drug-likeness (QED) is 0.867. The van der Waals surface area contributed by atoms with Gasteiger partial charge in [-0.25, -0.2) is 0 Å². The van der Waals surface area contributed by atoms with Crippen molar-refractivity contribution in [3.8, 4) is 0 Å². The summed E-state index contributed by atoms with van der Waals surface area (Å²) in [4.78, 5) is 12.3. The first-order chi connectivity index (χ1) is 11.0. The summed E-state index contributed by atoms with van der Waals surface area (Å²) >= 11 is 0. The summed E-state index contributed by atoms with van der Waals surface area (Å²) in [6, 6.07) is 8.42. The van der Waals surface area contributed by atoms with Crippen molar-refractivity contribution in [3.63, 3.8) is 0 Å². The molecule has 0 aliphatic carbocycles. The Labute approximate surface area is 138 Å². The molecular weight excluding hydrogens is 286 g/mol. The highest BCUT2D eigenvalue weighted by Crippen LogP contribution is 2.22. The molecule has 0 radical (unpaired) electrons. The lowest BCUT2D eigenvalue weighted by Crippen LogP contribution is -2.22. The van der Waals surface area contributed by atoms with Gasteiger partial charge in [0.2, 0.25) is 5.91 Å². The SMILES string of the molecule is CCC(CC)C(=O)Nc1c(C)nn(Cc2cccc(C)c2)c1C. The maximum absolute atomic E-state index is 12.3. The summed E-state index contributed by atoms with van der Waals surface area (Å²) in [7, 11) is 0. The van der Waals surface area contributed by atoms with Crippen molar-refractivity contribution in [2.24, 2.45) is 5.92 Å². The molecule has 0 bridgehead atoms. The van der Waals surface area contributed by atoms with Crippen molar-refractivity contribution in [1.29, 1.82) is 0 Å². The molecule has 0 spiro atoms. The molecule has 0 saturated heterocycles. The minimum absolute atomic E-state index is 0.0638. The average Bonchev–Trinajstić information content (AvgIpc) is 2.76. The van der Waals surface area contributed by atoms with Gasteiger partial charge in [0.25, 0.3) is 0 Å². The maximum atomic E-state index is 12.3. The molecular formula is C19H27N3O. The van der Waals surface area contributed by atoms with E-state index in [1.165, 1.54) is 11.1 Å². The van der Waals surface area contributed by atoms with Gasteiger partial charge in [0.05, 0.1) is 23.6 Å². The fourth-order valence-corrected chi connectivity index (χ4v) is 2.90. The number of amides is 1. The van der Waals surface area contributed by atoms with Crippen LogP contribution in [0.2, 0.25) is 0 Å². The number of benzene rings is 1. The van der Waals surface area contributed by atoms with Gasteiger partial charge in [0.1, 0.15) is 0 Å². The molecule has 4 nitrogen and oxygen atoms in total. The molecule has 0 atom stereocenters. The zero-order chi connectivity index (χ0) is 17.0. The van der Waals surface area contributed by atoms with E-state index in [4.69, 9.17) is 0 Å². The number of aromatic nitrogens is 2. The van der Waals surface area contributed by atoms with E-state index in [0.29, 0.717) is 0 Å². The summed E-state index contributed by atoms with van der Waals surface area (Å²) in [6.07, 6.45) is 1.72. The first-order valence-corrected chi connectivity index (χ1v) is 8.36. The molecule has 0 aliphatic heterocycles. The van der Waals surface area contributed by atoms with Gasteiger partial charge < -0.3 is 5.32 Å². The largest absolute Gasteiger partial charge is 0.323 e. The molecule has 2 aromatic rings. The van der Waals surface area contributed by atoms with E-state index in [-0.39, 0.29) is 11.8 Å². The fourth-order valence-electron chi connectivity index (χ4n) is 2.90. The number of carbonyl (C=O) groups excluding carboxylic acids is 1. The maximum Gasteiger partial charge on any atom is 0.227 e. The first-order valence-electron chi connectivity index (χ1n) is 8.36. The molecule has 23 heavy (non-hydrogen) atoms. The summed E-state index contributed by atoms with van der Waals surface area (Å²) in [5, 5.41) is 7.68. The lowest BCUT2D eigenvalue weighted by molar-refractivity contribution is -0.120. The van der Waals surface area contributed by atoms with E-state index in [9.17, 15) is 4.79 Å². The Morgan fingerprint density at radius 2 is 1.91 bits per heavy atom. The van der Waals surface area contributed by atoms with Crippen LogP contribution in [0.5, 0.6) is 0 Å². The summed E-state index contributed by atoms with van der Waals surface area (Å²) in [5.74, 6) is 0.158. The van der Waals surface area contributed by atoms with E-state index in [1.807, 2.05) is 18.5 Å². The van der Waals surface area contributed by atoms with Crippen molar-refractivity contribution in [2.75, 3.05) is 5.32 Å². The molecule has 124 valence electrons. The average molecular weight is 313 g/mol. The standard InChI is InChI=1S/C19H27N3O/c1-6-17(7-2)19(23)20-18-14(4)21-22(15(18)5)12-16-10-8-9-13(3)11-16/h8-11,17H,6-7,12H2,1-5H3,(H,20,23). The molecule has 0 unspecified atom stereocenters. The van der Waals surface area contributed by atoms with Crippen molar-refractivity contribution in [2.45, 2.75) is 54.0 Å². The summed E-state index contributed by atoms with van der Waals surface area (Å²) in [6.45, 7) is 10.9. The van der Waals surface area contributed by atoms with Crippen LogP contribution >= 0.6 is 0 Å². The molecule has 1 aromatic carbocycles. The molecule has 1 N–H and O–H groups in total. The molecule has 4 heteroatoms. The van der Waals surface area contributed by atoms with Crippen LogP contribution in [0.4, 0.5) is 5.69 Å². The number of carbonyl (C=O) groups is 1. The Morgan fingerprint density at radius 1 is 1.22 bits per heavy atom. The van der Waals surface area contributed by atoms with Gasteiger partial charge in [0, 0.05) is 5.92 Å². The highest BCUT2D eigenvalue weighted by Gasteiger charge is 2.19. The van der Waals surface area contributed by atoms with Crippen LogP contribution in [0.1, 0.15) is 49.2 Å². The smallest absolute Gasteiger partial charge is 0.227 e. The van der Waals surface area contributed by atoms with Crippen LogP contribution in [-0.2, 0) is 11.3 Å². The normalized spacial score (nSPS) is 11.0. The Bertz CT molecular complexity index is 684. The van der Waals surface area contributed by atoms with Crippen LogP contribution in [-0.4, -0.2) is 15.7 Å². The second kappa shape index (κ2) is 7.44. The van der Waals surface area contributed by atoms with E-state index in [2.05, 4.69) is 55.5 Å². The molecule has 1 aromatic heterocycles. The third kappa shape index (κ3) is 4.01. The molecule has 2 rings (SSSR count). The topological polar surface area (TPSA) is 46.9 Å². The molecule has 0 aliphatic rings. The Morgan fingerprint density at radius 3 is 2.52 bits per heavy atom. The van der Waals surface area contributed by atoms with Crippen LogP contribution < -0.4 is 5.32 Å². The zero-order valence-corrected chi connectivity index (χ0v) is 14.8. The van der Waals surface area contributed by atoms with Crippen LogP contribution in [0.15, 0.2) is 24.3 Å². The number of aryl methyl sites for hydroxylation is 2. The predicted molar refractivity (Wildman–Crippen MR) is 94.7 cm³/mol. The lowest BCUT2D eigenvalue weighted by atomic mass is 10.0. The Balaban J connectivity index is 2.20.